The van der Waals surface area contributed by atoms with Gasteiger partial charge in [0.15, 0.2) is 0 Å². The molecule has 0 aromatic carbocycles. The molecule has 0 spiro atoms. The van der Waals surface area contributed by atoms with Crippen molar-refractivity contribution in [2.45, 2.75) is 32.7 Å². The summed E-state index contributed by atoms with van der Waals surface area (Å²) in [6.45, 7) is 7.90. The van der Waals surface area contributed by atoms with Crippen molar-refractivity contribution in [2.24, 2.45) is 12.9 Å². The number of hydrazine groups is 1. The van der Waals surface area contributed by atoms with Gasteiger partial charge in [-0.15, -0.1) is 6.58 Å². The average Bonchev–Trinajstić information content (AvgIpc) is 2.46. The first-order valence-corrected chi connectivity index (χ1v) is 5.15. The third-order valence-corrected chi connectivity index (χ3v) is 2.46. The Balaban J connectivity index is 2.73. The number of rotatable bonds is 5. The maximum absolute atomic E-state index is 5.55. The second kappa shape index (κ2) is 5.09. The minimum atomic E-state index is 0.146. The Morgan fingerprint density at radius 2 is 2.40 bits per heavy atom. The molecule has 1 unspecified atom stereocenters. The summed E-state index contributed by atoms with van der Waals surface area (Å²) in [6.07, 6.45) is 1.92. The molecule has 0 saturated carbocycles. The standard InChI is InChI=1S/C11H20N4/c1-8(2)5-6-10(13-12)11-7-9(3)14-15(11)4/h7,10,13H,1,5-6,12H2,2-4H3. The van der Waals surface area contributed by atoms with E-state index in [0.29, 0.717) is 0 Å². The van der Waals surface area contributed by atoms with Crippen LogP contribution in [0.5, 0.6) is 0 Å². The molecule has 0 saturated heterocycles. The summed E-state index contributed by atoms with van der Waals surface area (Å²) >= 11 is 0. The zero-order valence-electron chi connectivity index (χ0n) is 9.75. The van der Waals surface area contributed by atoms with E-state index in [0.717, 1.165) is 24.2 Å². The van der Waals surface area contributed by atoms with Crippen molar-refractivity contribution < 1.29 is 0 Å². The Morgan fingerprint density at radius 3 is 2.80 bits per heavy atom. The van der Waals surface area contributed by atoms with Crippen LogP contribution >= 0.6 is 0 Å². The number of nitrogens with two attached hydrogens (primary N) is 1. The van der Waals surface area contributed by atoms with Crippen molar-refractivity contribution in [3.63, 3.8) is 0 Å². The van der Waals surface area contributed by atoms with Gasteiger partial charge in [0.05, 0.1) is 17.4 Å². The van der Waals surface area contributed by atoms with Gasteiger partial charge in [-0.1, -0.05) is 5.57 Å². The molecule has 0 radical (unpaired) electrons. The van der Waals surface area contributed by atoms with Crippen molar-refractivity contribution in [3.05, 3.63) is 29.6 Å². The number of hydrogen-bond acceptors (Lipinski definition) is 3. The number of hydrogen-bond donors (Lipinski definition) is 2. The van der Waals surface area contributed by atoms with Gasteiger partial charge in [0.1, 0.15) is 0 Å². The fourth-order valence-corrected chi connectivity index (χ4v) is 1.66. The van der Waals surface area contributed by atoms with Crippen LogP contribution in [0.15, 0.2) is 18.2 Å². The summed E-state index contributed by atoms with van der Waals surface area (Å²) in [7, 11) is 1.94. The largest absolute Gasteiger partial charge is 0.271 e. The number of aromatic nitrogens is 2. The highest BCUT2D eigenvalue weighted by Gasteiger charge is 2.14. The molecule has 3 N–H and O–H groups in total. The molecule has 0 bridgehead atoms. The Kier molecular flexibility index (Phi) is 4.05. The second-order valence-electron chi connectivity index (χ2n) is 4.05. The molecule has 0 amide bonds. The van der Waals surface area contributed by atoms with Gasteiger partial charge in [-0.25, -0.2) is 0 Å². The Bertz CT molecular complexity index is 340. The Hall–Kier alpha value is -1.13. The summed E-state index contributed by atoms with van der Waals surface area (Å²) in [5.41, 5.74) is 6.14. The topological polar surface area (TPSA) is 55.9 Å². The molecule has 1 aromatic rings. The van der Waals surface area contributed by atoms with Crippen LogP contribution < -0.4 is 11.3 Å². The van der Waals surface area contributed by atoms with Crippen LogP contribution in [0.25, 0.3) is 0 Å². The number of aryl methyl sites for hydroxylation is 2. The van der Waals surface area contributed by atoms with Crippen molar-refractivity contribution in [2.75, 3.05) is 0 Å². The monoisotopic (exact) mass is 208 g/mol. The van der Waals surface area contributed by atoms with Gasteiger partial charge in [-0.2, -0.15) is 5.10 Å². The summed E-state index contributed by atoms with van der Waals surface area (Å²) in [5, 5.41) is 4.31. The maximum Gasteiger partial charge on any atom is 0.0632 e. The lowest BCUT2D eigenvalue weighted by Gasteiger charge is -2.15. The molecule has 0 aliphatic carbocycles. The minimum Gasteiger partial charge on any atom is -0.271 e. The maximum atomic E-state index is 5.55. The zero-order valence-corrected chi connectivity index (χ0v) is 9.75. The smallest absolute Gasteiger partial charge is 0.0632 e. The van der Waals surface area contributed by atoms with Crippen LogP contribution in [0.2, 0.25) is 0 Å². The Labute approximate surface area is 91.1 Å². The normalized spacial score (nSPS) is 12.8. The molecular weight excluding hydrogens is 188 g/mol. The van der Waals surface area contributed by atoms with E-state index >= 15 is 0 Å². The molecule has 15 heavy (non-hydrogen) atoms. The highest BCUT2D eigenvalue weighted by atomic mass is 15.3. The minimum absolute atomic E-state index is 0.146. The van der Waals surface area contributed by atoms with Gasteiger partial charge in [-0.05, 0) is 32.8 Å². The Morgan fingerprint density at radius 1 is 1.73 bits per heavy atom. The van der Waals surface area contributed by atoms with E-state index in [1.807, 2.05) is 25.6 Å². The van der Waals surface area contributed by atoms with Gasteiger partial charge in [0.25, 0.3) is 0 Å². The fraction of sp³-hybridized carbons (Fsp3) is 0.545. The summed E-state index contributed by atoms with van der Waals surface area (Å²) in [6, 6.07) is 2.20. The van der Waals surface area contributed by atoms with Gasteiger partial charge in [0, 0.05) is 7.05 Å². The fourth-order valence-electron chi connectivity index (χ4n) is 1.66. The highest BCUT2D eigenvalue weighted by Crippen LogP contribution is 2.19. The average molecular weight is 208 g/mol. The van der Waals surface area contributed by atoms with Crippen molar-refractivity contribution in [1.82, 2.24) is 15.2 Å². The lowest BCUT2D eigenvalue weighted by Crippen LogP contribution is -2.29. The van der Waals surface area contributed by atoms with Gasteiger partial charge < -0.3 is 0 Å². The number of nitrogens with zero attached hydrogens (tertiary/aromatic N) is 2. The summed E-state index contributed by atoms with van der Waals surface area (Å²) in [5.74, 6) is 5.55. The van der Waals surface area contributed by atoms with E-state index in [9.17, 15) is 0 Å². The predicted octanol–water partition coefficient (Wildman–Crippen LogP) is 1.59. The molecule has 0 fully saturated rings. The number of allylic oxidation sites excluding steroid dienone is 1. The van der Waals surface area contributed by atoms with Crippen LogP contribution in [-0.2, 0) is 7.05 Å². The zero-order chi connectivity index (χ0) is 11.4. The van der Waals surface area contributed by atoms with Gasteiger partial charge in [-0.3, -0.25) is 16.0 Å². The number of nitrogens with one attached hydrogen (secondary N) is 1. The van der Waals surface area contributed by atoms with Gasteiger partial charge in [0.2, 0.25) is 0 Å². The van der Waals surface area contributed by atoms with Crippen LogP contribution in [0, 0.1) is 6.92 Å². The van der Waals surface area contributed by atoms with Crippen LogP contribution in [0.1, 0.15) is 37.2 Å². The molecular formula is C11H20N4. The molecule has 4 nitrogen and oxygen atoms in total. The molecule has 1 heterocycles. The molecule has 0 aliphatic heterocycles. The van der Waals surface area contributed by atoms with E-state index < -0.39 is 0 Å². The molecule has 1 rings (SSSR count). The lowest BCUT2D eigenvalue weighted by molar-refractivity contribution is 0.480. The predicted molar refractivity (Wildman–Crippen MR) is 62.1 cm³/mol. The third kappa shape index (κ3) is 3.18. The van der Waals surface area contributed by atoms with Crippen molar-refractivity contribution >= 4 is 0 Å². The van der Waals surface area contributed by atoms with Gasteiger partial charge >= 0.3 is 0 Å². The first-order chi connectivity index (χ1) is 7.04. The van der Waals surface area contributed by atoms with Crippen LogP contribution in [0.3, 0.4) is 0 Å². The van der Waals surface area contributed by atoms with Crippen molar-refractivity contribution in [3.8, 4) is 0 Å². The summed E-state index contributed by atoms with van der Waals surface area (Å²) < 4.78 is 1.87. The highest BCUT2D eigenvalue weighted by molar-refractivity contribution is 5.13. The van der Waals surface area contributed by atoms with Crippen molar-refractivity contribution in [1.29, 1.82) is 0 Å². The lowest BCUT2D eigenvalue weighted by atomic mass is 10.1. The third-order valence-electron chi connectivity index (χ3n) is 2.46. The van der Waals surface area contributed by atoms with E-state index in [2.05, 4.69) is 23.2 Å². The molecule has 4 heteroatoms. The van der Waals surface area contributed by atoms with E-state index in [-0.39, 0.29) is 6.04 Å². The second-order valence-corrected chi connectivity index (χ2v) is 4.05. The van der Waals surface area contributed by atoms with E-state index in [1.165, 1.54) is 5.57 Å². The first kappa shape index (κ1) is 11.9. The molecule has 0 aliphatic rings. The molecule has 84 valence electrons. The van der Waals surface area contributed by atoms with Crippen LogP contribution in [0.4, 0.5) is 0 Å². The molecule has 1 atom stereocenters. The SMILES string of the molecule is C=C(C)CCC(NN)c1cc(C)nn1C. The van der Waals surface area contributed by atoms with Crippen LogP contribution in [-0.4, -0.2) is 9.78 Å². The first-order valence-electron chi connectivity index (χ1n) is 5.15. The van der Waals surface area contributed by atoms with E-state index in [1.54, 1.807) is 0 Å². The quantitative estimate of drug-likeness (QED) is 0.439. The molecule has 1 aromatic heterocycles. The van der Waals surface area contributed by atoms with E-state index in [4.69, 9.17) is 5.84 Å². The summed E-state index contributed by atoms with van der Waals surface area (Å²) in [4.78, 5) is 0.